The second-order valence-corrected chi connectivity index (χ2v) is 12.8. The first-order chi connectivity index (χ1) is 24.2. The van der Waals surface area contributed by atoms with Gasteiger partial charge in [0.25, 0.3) is 0 Å². The van der Waals surface area contributed by atoms with Crippen molar-refractivity contribution in [1.82, 2.24) is 0 Å². The van der Waals surface area contributed by atoms with Crippen molar-refractivity contribution in [1.29, 1.82) is 0 Å². The second-order valence-electron chi connectivity index (χ2n) is 11.6. The lowest BCUT2D eigenvalue weighted by Crippen LogP contribution is -2.66. The van der Waals surface area contributed by atoms with Crippen molar-refractivity contribution in [2.45, 2.75) is 107 Å². The predicted molar refractivity (Wildman–Crippen MR) is 175 cm³/mol. The molecule has 0 amide bonds. The standard InChI is InChI=1S/C35H40O15S/c1-18-27(44-19(2)36)29(45-20(3)37)31(47-22(5)39)34(43-18)50-28-26(17-42-33(41)24-13-9-7-10-14-24)49-35(51-25-15-11-8-12-16-25)32(48-23(6)40)30(28)46-21(4)38/h7-16,18,26-32,34-35H,17H2,1-6H3/t18-,26+,27-,28+,29+,30-,31+,32+,34-,35-/m0/s1. The molecule has 15 nitrogen and oxygen atoms in total. The van der Waals surface area contributed by atoms with Crippen molar-refractivity contribution in [3.05, 3.63) is 66.2 Å². The fraction of sp³-hybridized carbons (Fsp3) is 0.486. The van der Waals surface area contributed by atoms with Gasteiger partial charge in [-0.3, -0.25) is 24.0 Å². The summed E-state index contributed by atoms with van der Waals surface area (Å²) in [5, 5.41) is 0. The van der Waals surface area contributed by atoms with E-state index in [2.05, 4.69) is 0 Å². The molecule has 2 aliphatic rings. The van der Waals surface area contributed by atoms with Crippen LogP contribution in [-0.4, -0.2) is 103 Å². The van der Waals surface area contributed by atoms with Crippen molar-refractivity contribution in [3.63, 3.8) is 0 Å². The van der Waals surface area contributed by atoms with Gasteiger partial charge in [0, 0.05) is 39.5 Å². The number of carbonyl (C=O) groups excluding carboxylic acids is 6. The van der Waals surface area contributed by atoms with Crippen LogP contribution in [-0.2, 0) is 66.6 Å². The van der Waals surface area contributed by atoms with Gasteiger partial charge in [0.2, 0.25) is 0 Å². The molecule has 0 aliphatic carbocycles. The highest BCUT2D eigenvalue weighted by Crippen LogP contribution is 2.39. The number of hydrogen-bond acceptors (Lipinski definition) is 16. The highest BCUT2D eigenvalue weighted by Gasteiger charge is 2.56. The zero-order valence-electron chi connectivity index (χ0n) is 28.8. The maximum atomic E-state index is 13.1. The fourth-order valence-electron chi connectivity index (χ4n) is 5.60. The van der Waals surface area contributed by atoms with Crippen LogP contribution in [0.3, 0.4) is 0 Å². The van der Waals surface area contributed by atoms with Gasteiger partial charge in [-0.15, -0.1) is 0 Å². The lowest BCUT2D eigenvalue weighted by molar-refractivity contribution is -0.336. The Kier molecular flexibility index (Phi) is 14.0. The maximum absolute atomic E-state index is 13.1. The zero-order valence-corrected chi connectivity index (χ0v) is 29.6. The van der Waals surface area contributed by atoms with Crippen LogP contribution in [0.4, 0.5) is 0 Å². The monoisotopic (exact) mass is 732 g/mol. The number of rotatable bonds is 12. The van der Waals surface area contributed by atoms with Crippen LogP contribution >= 0.6 is 11.8 Å². The van der Waals surface area contributed by atoms with E-state index in [0.717, 1.165) is 39.5 Å². The van der Waals surface area contributed by atoms with Gasteiger partial charge >= 0.3 is 35.8 Å². The first kappa shape index (κ1) is 39.3. The molecule has 2 heterocycles. The average Bonchev–Trinajstić information content (AvgIpc) is 3.06. The number of ether oxygens (including phenoxy) is 9. The molecule has 16 heteroatoms. The lowest BCUT2D eigenvalue weighted by atomic mass is 9.96. The second kappa shape index (κ2) is 18.1. The molecule has 0 saturated carbocycles. The van der Waals surface area contributed by atoms with Crippen LogP contribution in [0.25, 0.3) is 0 Å². The molecule has 0 radical (unpaired) electrons. The smallest absolute Gasteiger partial charge is 0.338 e. The summed E-state index contributed by atoms with van der Waals surface area (Å²) >= 11 is 1.16. The van der Waals surface area contributed by atoms with Crippen LogP contribution in [0, 0.1) is 0 Å². The van der Waals surface area contributed by atoms with Crippen molar-refractivity contribution in [3.8, 4) is 0 Å². The SMILES string of the molecule is CC(=O)O[C@@H]1[C@@H](OC(C)=O)[C@H](C)O[C@@H](O[C@H]2[C@H](OC(C)=O)[C@@H](OC(C)=O)[C@H](Sc3ccccc3)O[C@@H]2COC(=O)c2ccccc2)[C@@H]1OC(C)=O. The number of carbonyl (C=O) groups is 6. The minimum absolute atomic E-state index is 0.246. The minimum atomic E-state index is -1.59. The van der Waals surface area contributed by atoms with Gasteiger partial charge in [0.05, 0.1) is 11.7 Å². The summed E-state index contributed by atoms with van der Waals surface area (Å²) < 4.78 is 52.5. The van der Waals surface area contributed by atoms with E-state index in [9.17, 15) is 28.8 Å². The summed E-state index contributed by atoms with van der Waals surface area (Å²) in [5.74, 6) is -4.55. The van der Waals surface area contributed by atoms with E-state index in [1.54, 1.807) is 54.6 Å². The molecule has 0 bridgehead atoms. The summed E-state index contributed by atoms with van der Waals surface area (Å²) in [4.78, 5) is 75.5. The Balaban J connectivity index is 1.78. The van der Waals surface area contributed by atoms with Crippen LogP contribution in [0.2, 0.25) is 0 Å². The number of benzene rings is 2. The summed E-state index contributed by atoms with van der Waals surface area (Å²) in [6, 6.07) is 17.1. The third kappa shape index (κ3) is 11.0. The Morgan fingerprint density at radius 1 is 0.588 bits per heavy atom. The molecule has 0 aromatic heterocycles. The van der Waals surface area contributed by atoms with E-state index in [4.69, 9.17) is 42.6 Å². The van der Waals surface area contributed by atoms with Crippen LogP contribution in [0.15, 0.2) is 65.6 Å². The van der Waals surface area contributed by atoms with Gasteiger partial charge in [-0.05, 0) is 31.2 Å². The fourth-order valence-corrected chi connectivity index (χ4v) is 6.72. The van der Waals surface area contributed by atoms with E-state index in [-0.39, 0.29) is 5.56 Å². The number of thioether (sulfide) groups is 1. The van der Waals surface area contributed by atoms with Gasteiger partial charge in [0.15, 0.2) is 36.8 Å². The molecule has 4 rings (SSSR count). The van der Waals surface area contributed by atoms with Crippen LogP contribution in [0.5, 0.6) is 0 Å². The van der Waals surface area contributed by atoms with Crippen molar-refractivity contribution < 1.29 is 71.4 Å². The first-order valence-electron chi connectivity index (χ1n) is 16.0. The van der Waals surface area contributed by atoms with E-state index in [1.165, 1.54) is 13.8 Å². The molecular weight excluding hydrogens is 692 g/mol. The van der Waals surface area contributed by atoms with E-state index < -0.39 is 103 Å². The highest BCUT2D eigenvalue weighted by atomic mass is 32.2. The Bertz CT molecular complexity index is 1540. The Labute approximate surface area is 298 Å². The summed E-state index contributed by atoms with van der Waals surface area (Å²) in [6.07, 6.45) is -12.2. The summed E-state index contributed by atoms with van der Waals surface area (Å²) in [5.41, 5.74) is -0.783. The van der Waals surface area contributed by atoms with Gasteiger partial charge in [-0.1, -0.05) is 48.2 Å². The molecule has 276 valence electrons. The Hall–Kier alpha value is -4.51. The Morgan fingerprint density at radius 3 is 1.61 bits per heavy atom. The third-order valence-corrected chi connectivity index (χ3v) is 8.66. The first-order valence-corrected chi connectivity index (χ1v) is 16.9. The molecule has 2 aromatic rings. The average molecular weight is 733 g/mol. The molecule has 2 aromatic carbocycles. The van der Waals surface area contributed by atoms with Crippen LogP contribution < -0.4 is 0 Å². The normalized spacial score (nSPS) is 28.7. The van der Waals surface area contributed by atoms with Gasteiger partial charge < -0.3 is 42.6 Å². The molecule has 2 saturated heterocycles. The van der Waals surface area contributed by atoms with Crippen LogP contribution in [0.1, 0.15) is 51.9 Å². The van der Waals surface area contributed by atoms with Gasteiger partial charge in [0.1, 0.15) is 24.3 Å². The topological polar surface area (TPSA) is 185 Å². The quantitative estimate of drug-likeness (QED) is 0.229. The number of hydrogen-bond donors (Lipinski definition) is 0. The molecule has 2 fully saturated rings. The van der Waals surface area contributed by atoms with Gasteiger partial charge in [-0.25, -0.2) is 4.79 Å². The molecule has 10 atom stereocenters. The van der Waals surface area contributed by atoms with Gasteiger partial charge in [-0.2, -0.15) is 0 Å². The molecule has 51 heavy (non-hydrogen) atoms. The largest absolute Gasteiger partial charge is 0.459 e. The summed E-state index contributed by atoms with van der Waals surface area (Å²) in [7, 11) is 0. The minimum Gasteiger partial charge on any atom is -0.459 e. The number of esters is 6. The molecule has 0 spiro atoms. The van der Waals surface area contributed by atoms with Crippen molar-refractivity contribution in [2.75, 3.05) is 6.61 Å². The zero-order chi connectivity index (χ0) is 37.2. The lowest BCUT2D eigenvalue weighted by Gasteiger charge is -2.48. The van der Waals surface area contributed by atoms with E-state index >= 15 is 0 Å². The van der Waals surface area contributed by atoms with Crippen molar-refractivity contribution in [2.24, 2.45) is 0 Å². The Morgan fingerprint density at radius 2 is 1.06 bits per heavy atom. The summed E-state index contributed by atoms with van der Waals surface area (Å²) in [6.45, 7) is 6.72. The predicted octanol–water partition coefficient (Wildman–Crippen LogP) is 3.15. The molecular formula is C35H40O15S. The molecule has 2 aliphatic heterocycles. The maximum Gasteiger partial charge on any atom is 0.338 e. The molecule has 0 N–H and O–H groups in total. The van der Waals surface area contributed by atoms with Crippen molar-refractivity contribution >= 4 is 47.6 Å². The molecule has 0 unspecified atom stereocenters. The third-order valence-electron chi connectivity index (χ3n) is 7.50. The van der Waals surface area contributed by atoms with E-state index in [1.807, 2.05) is 6.07 Å². The highest BCUT2D eigenvalue weighted by molar-refractivity contribution is 7.99. The van der Waals surface area contributed by atoms with E-state index in [0.29, 0.717) is 4.90 Å².